The maximum absolute atomic E-state index is 12.7. The maximum atomic E-state index is 12.7. The van der Waals surface area contributed by atoms with Crippen LogP contribution in [0.3, 0.4) is 0 Å². The number of benzene rings is 1. The average molecular weight is 525 g/mol. The second-order valence-corrected chi connectivity index (χ2v) is 10.6. The summed E-state index contributed by atoms with van der Waals surface area (Å²) in [5, 5.41) is 7.44. The molecule has 1 fully saturated rings. The number of aromatic nitrogens is 4. The van der Waals surface area contributed by atoms with Crippen molar-refractivity contribution in [1.29, 1.82) is 0 Å². The number of rotatable bonds is 4. The quantitative estimate of drug-likeness (QED) is 0.388. The maximum Gasteiger partial charge on any atom is 0.263 e. The highest BCUT2D eigenvalue weighted by atomic mass is 35.5. The Morgan fingerprint density at radius 1 is 1.17 bits per heavy atom. The van der Waals surface area contributed by atoms with Gasteiger partial charge in [0.15, 0.2) is 0 Å². The third kappa shape index (κ3) is 4.43. The van der Waals surface area contributed by atoms with E-state index < -0.39 is 0 Å². The minimum absolute atomic E-state index is 0.0351. The summed E-state index contributed by atoms with van der Waals surface area (Å²) in [6, 6.07) is 3.90. The molecule has 186 valence electrons. The molecular weight excluding hydrogens is 500 g/mol. The topological polar surface area (TPSA) is 108 Å². The van der Waals surface area contributed by atoms with Crippen LogP contribution in [0.1, 0.15) is 22.2 Å². The molecule has 0 bridgehead atoms. The summed E-state index contributed by atoms with van der Waals surface area (Å²) in [6.45, 7) is 7.21. The predicted molar refractivity (Wildman–Crippen MR) is 140 cm³/mol. The van der Waals surface area contributed by atoms with Gasteiger partial charge >= 0.3 is 0 Å². The molecule has 10 nitrogen and oxygen atoms in total. The first-order valence-electron chi connectivity index (χ1n) is 11.8. The first-order chi connectivity index (χ1) is 17.4. The fourth-order valence-corrected chi connectivity index (χ4v) is 5.75. The van der Waals surface area contributed by atoms with Gasteiger partial charge in [-0.25, -0.2) is 15.0 Å². The number of hydrogen-bond acceptors (Lipinski definition) is 10. The van der Waals surface area contributed by atoms with Gasteiger partial charge in [0.1, 0.15) is 4.88 Å². The number of halogens is 1. The van der Waals surface area contributed by atoms with Gasteiger partial charge in [-0.05, 0) is 37.7 Å². The van der Waals surface area contributed by atoms with Crippen LogP contribution in [0.25, 0.3) is 21.1 Å². The summed E-state index contributed by atoms with van der Waals surface area (Å²) < 4.78 is 7.07. The molecule has 3 aromatic heterocycles. The van der Waals surface area contributed by atoms with E-state index in [2.05, 4.69) is 37.4 Å². The average Bonchev–Trinajstić information content (AvgIpc) is 3.18. The summed E-state index contributed by atoms with van der Waals surface area (Å²) in [4.78, 5) is 35.9. The molecule has 2 aliphatic heterocycles. The van der Waals surface area contributed by atoms with Gasteiger partial charge in [-0.1, -0.05) is 0 Å². The normalized spacial score (nSPS) is 19.1. The van der Waals surface area contributed by atoms with Crippen molar-refractivity contribution in [1.82, 2.24) is 35.1 Å². The highest BCUT2D eigenvalue weighted by molar-refractivity contribution is 7.21. The number of ether oxygens (including phenoxy) is 1. The molecule has 12 heteroatoms. The Hall–Kier alpha value is -3.12. The zero-order valence-corrected chi connectivity index (χ0v) is 21.5. The molecule has 6 rings (SSSR count). The van der Waals surface area contributed by atoms with Gasteiger partial charge in [0.25, 0.3) is 5.91 Å². The highest BCUT2D eigenvalue weighted by Gasteiger charge is 2.25. The lowest BCUT2D eigenvalue weighted by atomic mass is 10.1. The van der Waals surface area contributed by atoms with E-state index in [1.807, 2.05) is 19.1 Å². The van der Waals surface area contributed by atoms with Gasteiger partial charge in [-0.2, -0.15) is 4.98 Å². The lowest BCUT2D eigenvalue weighted by molar-refractivity contribution is 0.0949. The largest absolute Gasteiger partial charge is 0.418 e. The zero-order valence-electron chi connectivity index (χ0n) is 19.9. The van der Waals surface area contributed by atoms with Crippen molar-refractivity contribution in [2.24, 2.45) is 0 Å². The highest BCUT2D eigenvalue weighted by Crippen LogP contribution is 2.40. The van der Waals surface area contributed by atoms with Gasteiger partial charge in [0, 0.05) is 67.2 Å². The number of amides is 1. The SMILES string of the molecule is C[C@@H]1CNc2c(sc3ccc4nc(Oc5nc(Cl)ncc5CN5CCN(C)CC5)cnc4c23)C(=O)N1. The monoisotopic (exact) mass is 524 g/mol. The van der Waals surface area contributed by atoms with E-state index in [0.717, 1.165) is 47.5 Å². The van der Waals surface area contributed by atoms with Crippen molar-refractivity contribution in [3.05, 3.63) is 40.3 Å². The van der Waals surface area contributed by atoms with Crippen LogP contribution >= 0.6 is 22.9 Å². The number of nitrogens with one attached hydrogen (secondary N) is 2. The van der Waals surface area contributed by atoms with Crippen molar-refractivity contribution >= 4 is 55.7 Å². The van der Waals surface area contributed by atoms with E-state index in [4.69, 9.17) is 26.3 Å². The van der Waals surface area contributed by atoms with Crippen molar-refractivity contribution in [3.63, 3.8) is 0 Å². The van der Waals surface area contributed by atoms with Gasteiger partial charge in [-0.15, -0.1) is 11.3 Å². The van der Waals surface area contributed by atoms with E-state index in [0.29, 0.717) is 40.8 Å². The van der Waals surface area contributed by atoms with Crippen LogP contribution < -0.4 is 15.4 Å². The first-order valence-corrected chi connectivity index (χ1v) is 13.0. The molecule has 4 aromatic rings. The summed E-state index contributed by atoms with van der Waals surface area (Å²) >= 11 is 7.55. The minimum atomic E-state index is -0.0710. The van der Waals surface area contributed by atoms with E-state index in [-0.39, 0.29) is 17.2 Å². The van der Waals surface area contributed by atoms with Crippen LogP contribution in [-0.4, -0.2) is 81.5 Å². The molecule has 0 saturated carbocycles. The molecule has 2 aliphatic rings. The number of thiophene rings is 1. The molecule has 1 atom stereocenters. The smallest absolute Gasteiger partial charge is 0.263 e. The van der Waals surface area contributed by atoms with Gasteiger partial charge in [-0.3, -0.25) is 9.69 Å². The van der Waals surface area contributed by atoms with E-state index in [1.165, 1.54) is 11.3 Å². The standard InChI is InChI=1S/C24H25ClN8O2S/c1-13-9-26-20-18-16(36-21(20)22(34)29-13)4-3-15-19(18)27-11-17(30-15)35-23-14(10-28-24(25)31-23)12-33-7-5-32(2)6-8-33/h3-4,10-11,13,26H,5-9,12H2,1-2H3,(H,29,34)/t13-/m1/s1. The third-order valence-electron chi connectivity index (χ3n) is 6.50. The van der Waals surface area contributed by atoms with Crippen molar-refractivity contribution < 1.29 is 9.53 Å². The number of piperazine rings is 1. The number of carbonyl (C=O) groups excluding carboxylic acids is 1. The Morgan fingerprint density at radius 3 is 2.83 bits per heavy atom. The Kier molecular flexibility index (Phi) is 6.08. The molecule has 2 N–H and O–H groups in total. The summed E-state index contributed by atoms with van der Waals surface area (Å²) in [5.41, 5.74) is 3.03. The zero-order chi connectivity index (χ0) is 24.8. The lowest BCUT2D eigenvalue weighted by Gasteiger charge is -2.32. The van der Waals surface area contributed by atoms with Crippen molar-refractivity contribution in [2.75, 3.05) is 45.1 Å². The molecule has 0 radical (unpaired) electrons. The molecule has 1 amide bonds. The molecular formula is C24H25ClN8O2S. The molecule has 0 spiro atoms. The van der Waals surface area contributed by atoms with Crippen LogP contribution in [0.2, 0.25) is 5.28 Å². The summed E-state index contributed by atoms with van der Waals surface area (Å²) in [6.07, 6.45) is 3.29. The second kappa shape index (κ2) is 9.40. The number of nitrogens with zero attached hydrogens (tertiary/aromatic N) is 6. The second-order valence-electron chi connectivity index (χ2n) is 9.23. The fourth-order valence-electron chi connectivity index (χ4n) is 4.54. The minimum Gasteiger partial charge on any atom is -0.418 e. The number of anilines is 1. The number of hydrogen-bond donors (Lipinski definition) is 2. The van der Waals surface area contributed by atoms with Gasteiger partial charge in [0.2, 0.25) is 17.0 Å². The predicted octanol–water partition coefficient (Wildman–Crippen LogP) is 3.37. The summed E-state index contributed by atoms with van der Waals surface area (Å²) in [7, 11) is 2.13. The Labute approximate surface area is 216 Å². The lowest BCUT2D eigenvalue weighted by Crippen LogP contribution is -2.43. The Balaban J connectivity index is 1.33. The number of fused-ring (bicyclic) bond motifs is 5. The van der Waals surface area contributed by atoms with Gasteiger partial charge in [0.05, 0.1) is 22.9 Å². The molecule has 0 unspecified atom stereocenters. The van der Waals surface area contributed by atoms with Gasteiger partial charge < -0.3 is 20.3 Å². The van der Waals surface area contributed by atoms with Crippen LogP contribution in [0.5, 0.6) is 11.8 Å². The molecule has 1 aromatic carbocycles. The summed E-state index contributed by atoms with van der Waals surface area (Å²) in [5.74, 6) is 0.621. The van der Waals surface area contributed by atoms with Crippen molar-refractivity contribution in [2.45, 2.75) is 19.5 Å². The molecule has 1 saturated heterocycles. The van der Waals surface area contributed by atoms with Crippen molar-refractivity contribution in [3.8, 4) is 11.8 Å². The Morgan fingerprint density at radius 2 is 2.00 bits per heavy atom. The Bertz CT molecular complexity index is 1470. The number of likely N-dealkylation sites (N-methyl/N-ethyl adjacent to an activating group) is 1. The van der Waals surface area contributed by atoms with Crippen LogP contribution in [-0.2, 0) is 6.54 Å². The first kappa shape index (κ1) is 23.3. The van der Waals surface area contributed by atoms with Crippen LogP contribution in [0.4, 0.5) is 5.69 Å². The number of carbonyl (C=O) groups is 1. The van der Waals surface area contributed by atoms with E-state index >= 15 is 0 Å². The molecule has 5 heterocycles. The third-order valence-corrected chi connectivity index (χ3v) is 7.83. The molecule has 0 aliphatic carbocycles. The fraction of sp³-hybridized carbons (Fsp3) is 0.375. The van der Waals surface area contributed by atoms with Crippen LogP contribution in [0.15, 0.2) is 24.5 Å². The molecule has 36 heavy (non-hydrogen) atoms. The van der Waals surface area contributed by atoms with E-state index in [1.54, 1.807) is 12.4 Å². The van der Waals surface area contributed by atoms with Crippen LogP contribution in [0, 0.1) is 0 Å². The van der Waals surface area contributed by atoms with E-state index in [9.17, 15) is 4.79 Å².